The van der Waals surface area contributed by atoms with Gasteiger partial charge in [-0.25, -0.2) is 0 Å². The zero-order valence-corrected chi connectivity index (χ0v) is 6.52. The van der Waals surface area contributed by atoms with Gasteiger partial charge in [0.25, 0.3) is 0 Å². The SMILES string of the molecule is CC[C@H](C)C(C)(O)CN. The highest BCUT2D eigenvalue weighted by atomic mass is 16.3. The molecule has 0 aromatic heterocycles. The lowest BCUT2D eigenvalue weighted by molar-refractivity contribution is 0.0135. The zero-order valence-electron chi connectivity index (χ0n) is 6.52. The monoisotopic (exact) mass is 131 g/mol. The first-order valence-corrected chi connectivity index (χ1v) is 3.47. The molecule has 0 aromatic carbocycles. The van der Waals surface area contributed by atoms with E-state index in [1.165, 1.54) is 0 Å². The molecular formula is C7H17NO. The maximum absolute atomic E-state index is 9.47. The van der Waals surface area contributed by atoms with Crippen molar-refractivity contribution in [1.29, 1.82) is 0 Å². The van der Waals surface area contributed by atoms with Crippen molar-refractivity contribution < 1.29 is 5.11 Å². The van der Waals surface area contributed by atoms with Crippen molar-refractivity contribution >= 4 is 0 Å². The van der Waals surface area contributed by atoms with Crippen LogP contribution in [-0.4, -0.2) is 17.3 Å². The fourth-order valence-electron chi connectivity index (χ4n) is 0.641. The second kappa shape index (κ2) is 3.18. The van der Waals surface area contributed by atoms with Crippen molar-refractivity contribution in [2.24, 2.45) is 11.7 Å². The van der Waals surface area contributed by atoms with Crippen LogP contribution in [0.15, 0.2) is 0 Å². The molecule has 0 heterocycles. The Balaban J connectivity index is 3.80. The van der Waals surface area contributed by atoms with Gasteiger partial charge in [0.15, 0.2) is 0 Å². The molecule has 0 saturated heterocycles. The fourth-order valence-corrected chi connectivity index (χ4v) is 0.641. The number of hydrogen-bond acceptors (Lipinski definition) is 2. The zero-order chi connectivity index (χ0) is 7.49. The third-order valence-corrected chi connectivity index (χ3v) is 2.09. The first-order valence-electron chi connectivity index (χ1n) is 3.47. The highest BCUT2D eigenvalue weighted by molar-refractivity contribution is 4.78. The van der Waals surface area contributed by atoms with Gasteiger partial charge in [-0.1, -0.05) is 20.3 Å². The summed E-state index contributed by atoms with van der Waals surface area (Å²) in [6, 6.07) is 0. The normalized spacial score (nSPS) is 21.0. The summed E-state index contributed by atoms with van der Waals surface area (Å²) in [6.45, 7) is 6.19. The number of rotatable bonds is 3. The van der Waals surface area contributed by atoms with E-state index >= 15 is 0 Å². The highest BCUT2D eigenvalue weighted by Gasteiger charge is 2.24. The average Bonchev–Trinajstić information content (AvgIpc) is 1.86. The van der Waals surface area contributed by atoms with Gasteiger partial charge in [-0.2, -0.15) is 0 Å². The molecule has 9 heavy (non-hydrogen) atoms. The Morgan fingerprint density at radius 3 is 2.22 bits per heavy atom. The van der Waals surface area contributed by atoms with Crippen LogP contribution in [0.5, 0.6) is 0 Å². The molecule has 1 unspecified atom stereocenters. The lowest BCUT2D eigenvalue weighted by Crippen LogP contribution is -2.40. The molecule has 2 atom stereocenters. The van der Waals surface area contributed by atoms with Crippen LogP contribution in [0.4, 0.5) is 0 Å². The second-order valence-corrected chi connectivity index (χ2v) is 2.87. The lowest BCUT2D eigenvalue weighted by atomic mass is 9.89. The van der Waals surface area contributed by atoms with Gasteiger partial charge in [0.05, 0.1) is 5.60 Å². The highest BCUT2D eigenvalue weighted by Crippen LogP contribution is 2.17. The molecule has 2 heteroatoms. The summed E-state index contributed by atoms with van der Waals surface area (Å²) in [7, 11) is 0. The Bertz CT molecular complexity index is 81.0. The molecule has 0 aromatic rings. The van der Waals surface area contributed by atoms with Gasteiger partial charge in [0.1, 0.15) is 0 Å². The van der Waals surface area contributed by atoms with E-state index < -0.39 is 5.60 Å². The molecule has 0 radical (unpaired) electrons. The van der Waals surface area contributed by atoms with E-state index in [2.05, 4.69) is 6.92 Å². The standard InChI is InChI=1S/C7H17NO/c1-4-6(2)7(3,9)5-8/h6,9H,4-5,8H2,1-3H3/t6-,7?/m0/s1. The molecule has 3 N–H and O–H groups in total. The number of nitrogens with two attached hydrogens (primary N) is 1. The molecule has 0 bridgehead atoms. The smallest absolute Gasteiger partial charge is 0.0766 e. The minimum atomic E-state index is -0.672. The molecular weight excluding hydrogens is 114 g/mol. The summed E-state index contributed by atoms with van der Waals surface area (Å²) in [4.78, 5) is 0. The molecule has 2 nitrogen and oxygen atoms in total. The Hall–Kier alpha value is -0.0800. The van der Waals surface area contributed by atoms with Crippen molar-refractivity contribution in [3.05, 3.63) is 0 Å². The van der Waals surface area contributed by atoms with Gasteiger partial charge in [-0.3, -0.25) is 0 Å². The lowest BCUT2D eigenvalue weighted by Gasteiger charge is -2.27. The topological polar surface area (TPSA) is 46.2 Å². The van der Waals surface area contributed by atoms with Gasteiger partial charge in [-0.05, 0) is 12.8 Å². The van der Waals surface area contributed by atoms with E-state index in [1.54, 1.807) is 6.92 Å². The number of aliphatic hydroxyl groups is 1. The van der Waals surface area contributed by atoms with Crippen molar-refractivity contribution in [3.63, 3.8) is 0 Å². The minimum absolute atomic E-state index is 0.294. The molecule has 0 saturated carbocycles. The Labute approximate surface area is 57.1 Å². The largest absolute Gasteiger partial charge is 0.389 e. The summed E-state index contributed by atoms with van der Waals surface area (Å²) in [5.41, 5.74) is 4.66. The first kappa shape index (κ1) is 8.92. The number of hydrogen-bond donors (Lipinski definition) is 2. The summed E-state index contributed by atoms with van der Waals surface area (Å²) in [6.07, 6.45) is 0.976. The Morgan fingerprint density at radius 1 is 1.67 bits per heavy atom. The van der Waals surface area contributed by atoms with Gasteiger partial charge in [-0.15, -0.1) is 0 Å². The van der Waals surface area contributed by atoms with Crippen LogP contribution in [-0.2, 0) is 0 Å². The predicted octanol–water partition coefficient (Wildman–Crippen LogP) is 0.742. The Morgan fingerprint density at radius 2 is 2.11 bits per heavy atom. The second-order valence-electron chi connectivity index (χ2n) is 2.87. The first-order chi connectivity index (χ1) is 4.04. The predicted molar refractivity (Wildman–Crippen MR) is 39.1 cm³/mol. The van der Waals surface area contributed by atoms with Gasteiger partial charge < -0.3 is 10.8 Å². The fraction of sp³-hybridized carbons (Fsp3) is 1.00. The molecule has 0 aliphatic carbocycles. The third-order valence-electron chi connectivity index (χ3n) is 2.09. The van der Waals surface area contributed by atoms with Crippen molar-refractivity contribution in [2.45, 2.75) is 32.8 Å². The summed E-state index contributed by atoms with van der Waals surface area (Å²) in [5, 5.41) is 9.47. The van der Waals surface area contributed by atoms with Crippen molar-refractivity contribution in [2.75, 3.05) is 6.54 Å². The van der Waals surface area contributed by atoms with Gasteiger partial charge >= 0.3 is 0 Å². The van der Waals surface area contributed by atoms with Crippen LogP contribution in [0.3, 0.4) is 0 Å². The van der Waals surface area contributed by atoms with Crippen LogP contribution in [0.2, 0.25) is 0 Å². The van der Waals surface area contributed by atoms with Crippen LogP contribution in [0, 0.1) is 5.92 Å². The average molecular weight is 131 g/mol. The molecule has 0 amide bonds. The third kappa shape index (κ3) is 2.33. The van der Waals surface area contributed by atoms with Crippen LogP contribution in [0.1, 0.15) is 27.2 Å². The molecule has 0 fully saturated rings. The minimum Gasteiger partial charge on any atom is -0.389 e. The summed E-state index contributed by atoms with van der Waals surface area (Å²) >= 11 is 0. The van der Waals surface area contributed by atoms with Crippen molar-refractivity contribution in [3.8, 4) is 0 Å². The molecule has 0 rings (SSSR count). The van der Waals surface area contributed by atoms with Crippen LogP contribution in [0.25, 0.3) is 0 Å². The molecule has 0 aliphatic heterocycles. The maximum Gasteiger partial charge on any atom is 0.0766 e. The molecule has 56 valence electrons. The van der Waals surface area contributed by atoms with E-state index in [0.717, 1.165) is 6.42 Å². The van der Waals surface area contributed by atoms with E-state index in [9.17, 15) is 5.11 Å². The molecule has 0 spiro atoms. The van der Waals surface area contributed by atoms with Crippen LogP contribution >= 0.6 is 0 Å². The summed E-state index contributed by atoms with van der Waals surface area (Å²) in [5.74, 6) is 0.294. The van der Waals surface area contributed by atoms with E-state index in [0.29, 0.717) is 12.5 Å². The summed E-state index contributed by atoms with van der Waals surface area (Å²) < 4.78 is 0. The molecule has 0 aliphatic rings. The van der Waals surface area contributed by atoms with E-state index in [-0.39, 0.29) is 0 Å². The van der Waals surface area contributed by atoms with Crippen molar-refractivity contribution in [1.82, 2.24) is 0 Å². The van der Waals surface area contributed by atoms with Gasteiger partial charge in [0.2, 0.25) is 0 Å². The maximum atomic E-state index is 9.47. The van der Waals surface area contributed by atoms with E-state index in [4.69, 9.17) is 5.73 Å². The van der Waals surface area contributed by atoms with E-state index in [1.807, 2.05) is 6.92 Å². The van der Waals surface area contributed by atoms with Crippen LogP contribution < -0.4 is 5.73 Å². The quantitative estimate of drug-likeness (QED) is 0.593. The van der Waals surface area contributed by atoms with Gasteiger partial charge in [0, 0.05) is 6.54 Å². The Kier molecular flexibility index (Phi) is 3.15.